The Bertz CT molecular complexity index is 1270. The number of rotatable bonds is 9. The van der Waals surface area contributed by atoms with Crippen LogP contribution >= 0.6 is 0 Å². The smallest absolute Gasteiger partial charge is 0.336 e. The summed E-state index contributed by atoms with van der Waals surface area (Å²) in [6, 6.07) is 13.4. The Morgan fingerprint density at radius 1 is 1.03 bits per heavy atom. The highest BCUT2D eigenvalue weighted by Crippen LogP contribution is 2.48. The Balaban J connectivity index is 1.79. The van der Waals surface area contributed by atoms with Gasteiger partial charge in [0.25, 0.3) is 0 Å². The monoisotopic (exact) mass is 519 g/mol. The maximum atomic E-state index is 13.9. The summed E-state index contributed by atoms with van der Waals surface area (Å²) >= 11 is 0. The second kappa shape index (κ2) is 11.8. The summed E-state index contributed by atoms with van der Waals surface area (Å²) in [4.78, 5) is 27.4. The van der Waals surface area contributed by atoms with E-state index in [0.717, 1.165) is 16.8 Å². The number of benzene rings is 2. The third kappa shape index (κ3) is 5.42. The van der Waals surface area contributed by atoms with Crippen LogP contribution in [0.15, 0.2) is 65.0 Å². The van der Waals surface area contributed by atoms with E-state index < -0.39 is 11.9 Å². The van der Waals surface area contributed by atoms with Gasteiger partial charge in [-0.15, -0.1) is 0 Å². The minimum Gasteiger partial charge on any atom is -0.494 e. The van der Waals surface area contributed by atoms with E-state index in [9.17, 15) is 9.59 Å². The molecule has 0 aromatic heterocycles. The van der Waals surface area contributed by atoms with E-state index >= 15 is 0 Å². The fourth-order valence-corrected chi connectivity index (χ4v) is 5.29. The number of esters is 1. The van der Waals surface area contributed by atoms with Crippen LogP contribution in [0.4, 0.5) is 0 Å². The van der Waals surface area contributed by atoms with Crippen molar-refractivity contribution in [3.05, 3.63) is 76.1 Å². The molecular weight excluding hydrogens is 482 g/mol. The number of dihydropyridines is 1. The van der Waals surface area contributed by atoms with Crippen LogP contribution in [-0.4, -0.2) is 39.2 Å². The van der Waals surface area contributed by atoms with E-state index in [4.69, 9.17) is 18.9 Å². The number of hydrogen-bond donors (Lipinski definition) is 1. The van der Waals surface area contributed by atoms with Gasteiger partial charge in [0.15, 0.2) is 17.3 Å². The van der Waals surface area contributed by atoms with Crippen molar-refractivity contribution in [2.45, 2.75) is 52.4 Å². The first kappa shape index (κ1) is 27.3. The third-order valence-corrected chi connectivity index (χ3v) is 7.00. The van der Waals surface area contributed by atoms with E-state index in [-0.39, 0.29) is 17.6 Å². The fraction of sp³-hybridized carbons (Fsp3) is 0.419. The number of allylic oxidation sites excluding steroid dienone is 3. The summed E-state index contributed by atoms with van der Waals surface area (Å²) in [5, 5.41) is 3.41. The zero-order chi connectivity index (χ0) is 27.4. The van der Waals surface area contributed by atoms with Crippen molar-refractivity contribution in [2.75, 3.05) is 27.4 Å². The van der Waals surface area contributed by atoms with E-state index in [1.165, 1.54) is 0 Å². The highest BCUT2D eigenvalue weighted by molar-refractivity contribution is 6.04. The molecule has 2 atom stereocenters. The molecule has 1 aliphatic carbocycles. The second-order valence-electron chi connectivity index (χ2n) is 10.1. The molecule has 2 aromatic rings. The van der Waals surface area contributed by atoms with Crippen molar-refractivity contribution in [2.24, 2.45) is 5.92 Å². The summed E-state index contributed by atoms with van der Waals surface area (Å²) in [5.74, 6) is 1.09. The molecule has 2 aliphatic rings. The molecular formula is C31H37NO6. The number of para-hydroxylation sites is 1. The van der Waals surface area contributed by atoms with Gasteiger partial charge in [0, 0.05) is 29.0 Å². The number of methoxy groups -OCH3 is 2. The zero-order valence-corrected chi connectivity index (χ0v) is 23.1. The first-order chi connectivity index (χ1) is 18.3. The summed E-state index contributed by atoms with van der Waals surface area (Å²) in [6.07, 6.45) is 0.937. The molecule has 2 unspecified atom stereocenters. The average Bonchev–Trinajstić information content (AvgIpc) is 2.91. The van der Waals surface area contributed by atoms with Gasteiger partial charge in [0.2, 0.25) is 0 Å². The van der Waals surface area contributed by atoms with Crippen molar-refractivity contribution in [3.63, 3.8) is 0 Å². The molecule has 7 heteroatoms. The number of carbonyl (C=O) groups is 2. The van der Waals surface area contributed by atoms with Gasteiger partial charge in [-0.1, -0.05) is 38.1 Å². The van der Waals surface area contributed by atoms with Gasteiger partial charge in [-0.3, -0.25) is 4.79 Å². The Morgan fingerprint density at radius 3 is 2.45 bits per heavy atom. The maximum Gasteiger partial charge on any atom is 0.336 e. The molecule has 1 heterocycles. The van der Waals surface area contributed by atoms with Crippen LogP contribution in [0.1, 0.15) is 63.5 Å². The minimum absolute atomic E-state index is 0.00324. The van der Waals surface area contributed by atoms with Crippen molar-refractivity contribution in [1.82, 2.24) is 5.32 Å². The SMILES string of the molecule is CCOc1ccccc1C1C(C(=O)OCC(C)C)=C(C)NC2=C1C(=O)CC(c1ccc(OC)c(OC)c1)C2. The Morgan fingerprint density at radius 2 is 1.76 bits per heavy atom. The summed E-state index contributed by atoms with van der Waals surface area (Å²) < 4.78 is 22.5. The lowest BCUT2D eigenvalue weighted by Gasteiger charge is -2.37. The molecule has 38 heavy (non-hydrogen) atoms. The van der Waals surface area contributed by atoms with Crippen molar-refractivity contribution in [3.8, 4) is 17.2 Å². The number of ether oxygens (including phenoxy) is 4. The zero-order valence-electron chi connectivity index (χ0n) is 23.1. The highest BCUT2D eigenvalue weighted by atomic mass is 16.5. The van der Waals surface area contributed by atoms with Gasteiger partial charge in [-0.25, -0.2) is 4.79 Å². The predicted molar refractivity (Wildman–Crippen MR) is 146 cm³/mol. The molecule has 202 valence electrons. The van der Waals surface area contributed by atoms with Crippen LogP contribution in [0.2, 0.25) is 0 Å². The van der Waals surface area contributed by atoms with Gasteiger partial charge in [0.1, 0.15) is 5.75 Å². The first-order valence-corrected chi connectivity index (χ1v) is 13.1. The quantitative estimate of drug-likeness (QED) is 0.428. The van der Waals surface area contributed by atoms with E-state index in [2.05, 4.69) is 5.32 Å². The third-order valence-electron chi connectivity index (χ3n) is 7.00. The molecule has 2 aromatic carbocycles. The molecule has 0 radical (unpaired) electrons. The van der Waals surface area contributed by atoms with Gasteiger partial charge in [-0.2, -0.15) is 0 Å². The van der Waals surface area contributed by atoms with Crippen LogP contribution in [-0.2, 0) is 14.3 Å². The van der Waals surface area contributed by atoms with E-state index in [1.807, 2.05) is 70.2 Å². The maximum absolute atomic E-state index is 13.9. The minimum atomic E-state index is -0.576. The van der Waals surface area contributed by atoms with Gasteiger partial charge in [0.05, 0.1) is 38.9 Å². The van der Waals surface area contributed by atoms with Gasteiger partial charge in [-0.05, 0) is 55.9 Å². The lowest BCUT2D eigenvalue weighted by Crippen LogP contribution is -2.36. The molecule has 0 bridgehead atoms. The number of nitrogens with one attached hydrogen (secondary N) is 1. The van der Waals surface area contributed by atoms with Crippen molar-refractivity contribution in [1.29, 1.82) is 0 Å². The molecule has 0 fully saturated rings. The van der Waals surface area contributed by atoms with Crippen LogP contribution < -0.4 is 19.5 Å². The predicted octanol–water partition coefficient (Wildman–Crippen LogP) is 5.66. The number of ketones is 1. The number of Topliss-reactive ketones (excluding diaryl/α,β-unsaturated/α-hetero) is 1. The summed E-state index contributed by atoms with van der Waals surface area (Å²) in [7, 11) is 3.20. The first-order valence-electron chi connectivity index (χ1n) is 13.1. The molecule has 7 nitrogen and oxygen atoms in total. The molecule has 0 spiro atoms. The molecule has 1 aliphatic heterocycles. The Labute approximate surface area is 224 Å². The van der Waals surface area contributed by atoms with Crippen LogP contribution in [0.25, 0.3) is 0 Å². The van der Waals surface area contributed by atoms with Crippen molar-refractivity contribution < 1.29 is 28.5 Å². The number of carbonyl (C=O) groups excluding carboxylic acids is 2. The molecule has 1 N–H and O–H groups in total. The lowest BCUT2D eigenvalue weighted by atomic mass is 9.71. The topological polar surface area (TPSA) is 83.1 Å². The molecule has 0 saturated carbocycles. The van der Waals surface area contributed by atoms with E-state index in [0.29, 0.717) is 60.1 Å². The highest BCUT2D eigenvalue weighted by Gasteiger charge is 2.42. The average molecular weight is 520 g/mol. The van der Waals surface area contributed by atoms with Crippen LogP contribution in [0.3, 0.4) is 0 Å². The van der Waals surface area contributed by atoms with Gasteiger partial charge < -0.3 is 24.3 Å². The largest absolute Gasteiger partial charge is 0.494 e. The molecule has 0 amide bonds. The standard InChI is InChI=1S/C31H37NO6/c1-7-37-25-11-9-8-10-22(25)29-28(31(34)38-17-18(2)3)19(4)32-23-14-21(15-24(33)30(23)29)20-12-13-26(35-5)27(16-20)36-6/h8-13,16,18,21,29,32H,7,14-15,17H2,1-6H3. The Hall–Kier alpha value is -3.74. The number of hydrogen-bond acceptors (Lipinski definition) is 7. The Kier molecular flexibility index (Phi) is 8.45. The van der Waals surface area contributed by atoms with Crippen molar-refractivity contribution >= 4 is 11.8 Å². The normalized spacial score (nSPS) is 19.2. The van der Waals surface area contributed by atoms with Crippen LogP contribution in [0.5, 0.6) is 17.2 Å². The summed E-state index contributed by atoms with van der Waals surface area (Å²) in [5.41, 5.74) is 4.37. The lowest BCUT2D eigenvalue weighted by molar-refractivity contribution is -0.140. The molecule has 4 rings (SSSR count). The van der Waals surface area contributed by atoms with Gasteiger partial charge >= 0.3 is 5.97 Å². The second-order valence-corrected chi connectivity index (χ2v) is 10.1. The fourth-order valence-electron chi connectivity index (χ4n) is 5.29. The molecule has 0 saturated heterocycles. The van der Waals surface area contributed by atoms with Crippen LogP contribution in [0, 0.1) is 5.92 Å². The van der Waals surface area contributed by atoms with E-state index in [1.54, 1.807) is 14.2 Å². The summed E-state index contributed by atoms with van der Waals surface area (Å²) in [6.45, 7) is 8.55.